The van der Waals surface area contributed by atoms with Crippen LogP contribution in [0, 0.1) is 6.92 Å². The van der Waals surface area contributed by atoms with Crippen LogP contribution in [0.15, 0.2) is 48.5 Å². The summed E-state index contributed by atoms with van der Waals surface area (Å²) in [6.45, 7) is 3.15. The number of hydrogen-bond donors (Lipinski definition) is 1. The van der Waals surface area contributed by atoms with Crippen LogP contribution in [-0.2, 0) is 11.2 Å². The number of amides is 2. The number of aryl methyl sites for hydroxylation is 2. The monoisotopic (exact) mass is 322 g/mol. The van der Waals surface area contributed by atoms with Crippen LogP contribution in [0.25, 0.3) is 0 Å². The van der Waals surface area contributed by atoms with Gasteiger partial charge < -0.3 is 10.2 Å². The lowest BCUT2D eigenvalue weighted by Crippen LogP contribution is -2.38. The number of carbonyl (C=O) groups is 2. The van der Waals surface area contributed by atoms with E-state index in [1.54, 1.807) is 12.1 Å². The summed E-state index contributed by atoms with van der Waals surface area (Å²) in [5, 5.41) is 2.82. The average molecular weight is 322 g/mol. The van der Waals surface area contributed by atoms with Crippen molar-refractivity contribution in [2.75, 3.05) is 18.0 Å². The van der Waals surface area contributed by atoms with Gasteiger partial charge >= 0.3 is 0 Å². The first-order chi connectivity index (χ1) is 11.7. The standard InChI is InChI=1S/C20H22N2O2/c1-15-7-5-10-16-11-6-14-22(19(15)16)18(23)12-13-21-20(24)17-8-3-2-4-9-17/h2-5,7-10H,6,11-14H2,1H3,(H,21,24). The molecule has 0 radical (unpaired) electrons. The molecule has 0 saturated carbocycles. The molecule has 1 heterocycles. The molecule has 0 aromatic heterocycles. The smallest absolute Gasteiger partial charge is 0.251 e. The van der Waals surface area contributed by atoms with E-state index in [9.17, 15) is 9.59 Å². The number of nitrogens with zero attached hydrogens (tertiary/aromatic N) is 1. The molecule has 0 spiro atoms. The van der Waals surface area contributed by atoms with Gasteiger partial charge in [-0.15, -0.1) is 0 Å². The molecule has 1 aliphatic rings. The van der Waals surface area contributed by atoms with Gasteiger partial charge in [-0.2, -0.15) is 0 Å². The van der Waals surface area contributed by atoms with Gasteiger partial charge in [0.2, 0.25) is 5.91 Å². The van der Waals surface area contributed by atoms with Gasteiger partial charge in [0.1, 0.15) is 0 Å². The van der Waals surface area contributed by atoms with E-state index in [0.29, 0.717) is 18.5 Å². The molecular formula is C20H22N2O2. The molecule has 0 unspecified atom stereocenters. The van der Waals surface area contributed by atoms with Crippen molar-refractivity contribution in [1.82, 2.24) is 5.32 Å². The van der Waals surface area contributed by atoms with Crippen LogP contribution in [0.5, 0.6) is 0 Å². The molecule has 0 bridgehead atoms. The van der Waals surface area contributed by atoms with Gasteiger partial charge in [-0.3, -0.25) is 9.59 Å². The molecule has 3 rings (SSSR count). The molecule has 4 nitrogen and oxygen atoms in total. The maximum atomic E-state index is 12.6. The Morgan fingerprint density at radius 2 is 1.88 bits per heavy atom. The van der Waals surface area contributed by atoms with Crippen molar-refractivity contribution >= 4 is 17.5 Å². The van der Waals surface area contributed by atoms with Crippen molar-refractivity contribution in [2.24, 2.45) is 0 Å². The van der Waals surface area contributed by atoms with Crippen molar-refractivity contribution in [3.8, 4) is 0 Å². The molecule has 2 aromatic carbocycles. The Morgan fingerprint density at radius 1 is 1.08 bits per heavy atom. The Kier molecular flexibility index (Phi) is 4.94. The second kappa shape index (κ2) is 7.30. The third-order valence-electron chi connectivity index (χ3n) is 4.38. The first kappa shape index (κ1) is 16.2. The van der Waals surface area contributed by atoms with E-state index in [-0.39, 0.29) is 11.8 Å². The summed E-state index contributed by atoms with van der Waals surface area (Å²) in [6, 6.07) is 15.2. The van der Waals surface area contributed by atoms with Gasteiger partial charge in [0.05, 0.1) is 0 Å². The van der Waals surface area contributed by atoms with Crippen molar-refractivity contribution in [3.63, 3.8) is 0 Å². The van der Waals surface area contributed by atoms with Gasteiger partial charge in [-0.1, -0.05) is 36.4 Å². The van der Waals surface area contributed by atoms with Gasteiger partial charge in [-0.25, -0.2) is 0 Å². The molecular weight excluding hydrogens is 300 g/mol. The SMILES string of the molecule is Cc1cccc2c1N(C(=O)CCNC(=O)c1ccccc1)CCC2. The number of anilines is 1. The minimum absolute atomic E-state index is 0.0682. The van der Waals surface area contributed by atoms with E-state index >= 15 is 0 Å². The summed E-state index contributed by atoms with van der Waals surface area (Å²) < 4.78 is 0. The van der Waals surface area contributed by atoms with E-state index in [2.05, 4.69) is 11.4 Å². The second-order valence-electron chi connectivity index (χ2n) is 6.10. The highest BCUT2D eigenvalue weighted by Crippen LogP contribution is 2.30. The first-order valence-electron chi connectivity index (χ1n) is 8.39. The molecule has 2 aromatic rings. The maximum Gasteiger partial charge on any atom is 0.251 e. The highest BCUT2D eigenvalue weighted by Gasteiger charge is 2.23. The summed E-state index contributed by atoms with van der Waals surface area (Å²) in [7, 11) is 0. The van der Waals surface area contributed by atoms with E-state index < -0.39 is 0 Å². The first-order valence-corrected chi connectivity index (χ1v) is 8.39. The van der Waals surface area contributed by atoms with Crippen molar-refractivity contribution in [1.29, 1.82) is 0 Å². The molecule has 124 valence electrons. The summed E-state index contributed by atoms with van der Waals surface area (Å²) in [6.07, 6.45) is 2.32. The second-order valence-corrected chi connectivity index (χ2v) is 6.10. The Bertz CT molecular complexity index is 741. The zero-order valence-electron chi connectivity index (χ0n) is 13.9. The highest BCUT2D eigenvalue weighted by molar-refractivity contribution is 5.97. The Hall–Kier alpha value is -2.62. The van der Waals surface area contributed by atoms with Gasteiger partial charge in [-0.05, 0) is 43.0 Å². The molecule has 4 heteroatoms. The van der Waals surface area contributed by atoms with Crippen LogP contribution in [0.3, 0.4) is 0 Å². The fourth-order valence-electron chi connectivity index (χ4n) is 3.21. The van der Waals surface area contributed by atoms with Gasteiger partial charge in [0, 0.05) is 30.8 Å². The lowest BCUT2D eigenvalue weighted by molar-refractivity contribution is -0.118. The molecule has 0 fully saturated rings. The highest BCUT2D eigenvalue weighted by atomic mass is 16.2. The lowest BCUT2D eigenvalue weighted by Gasteiger charge is -2.31. The fraction of sp³-hybridized carbons (Fsp3) is 0.300. The van der Waals surface area contributed by atoms with E-state index in [0.717, 1.165) is 30.6 Å². The van der Waals surface area contributed by atoms with Crippen molar-refractivity contribution in [3.05, 3.63) is 65.2 Å². The number of rotatable bonds is 4. The fourth-order valence-corrected chi connectivity index (χ4v) is 3.21. The summed E-state index contributed by atoms with van der Waals surface area (Å²) in [4.78, 5) is 26.5. The number of benzene rings is 2. The Morgan fingerprint density at radius 3 is 2.67 bits per heavy atom. The zero-order chi connectivity index (χ0) is 16.9. The number of hydrogen-bond acceptors (Lipinski definition) is 2. The molecule has 0 saturated heterocycles. The third kappa shape index (κ3) is 3.48. The van der Waals surface area contributed by atoms with E-state index in [1.807, 2.05) is 42.2 Å². The average Bonchev–Trinajstić information content (AvgIpc) is 2.62. The number of fused-ring (bicyclic) bond motifs is 1. The topological polar surface area (TPSA) is 49.4 Å². The van der Waals surface area contributed by atoms with Crippen LogP contribution < -0.4 is 10.2 Å². The molecule has 0 aliphatic carbocycles. The quantitative estimate of drug-likeness (QED) is 0.940. The molecule has 0 atom stereocenters. The Balaban J connectivity index is 1.60. The predicted octanol–water partition coefficient (Wildman–Crippen LogP) is 3.09. The normalized spacial score (nSPS) is 13.3. The van der Waals surface area contributed by atoms with Crippen LogP contribution in [0.1, 0.15) is 34.3 Å². The van der Waals surface area contributed by atoms with E-state index in [4.69, 9.17) is 0 Å². The van der Waals surface area contributed by atoms with Crippen molar-refractivity contribution in [2.45, 2.75) is 26.2 Å². The third-order valence-corrected chi connectivity index (χ3v) is 4.38. The number of carbonyl (C=O) groups excluding carboxylic acids is 2. The van der Waals surface area contributed by atoms with Crippen LogP contribution >= 0.6 is 0 Å². The van der Waals surface area contributed by atoms with E-state index in [1.165, 1.54) is 5.56 Å². The largest absolute Gasteiger partial charge is 0.352 e. The molecule has 24 heavy (non-hydrogen) atoms. The summed E-state index contributed by atoms with van der Waals surface area (Å²) >= 11 is 0. The zero-order valence-corrected chi connectivity index (χ0v) is 13.9. The van der Waals surface area contributed by atoms with Crippen molar-refractivity contribution < 1.29 is 9.59 Å². The van der Waals surface area contributed by atoms with Crippen LogP contribution in [0.4, 0.5) is 5.69 Å². The predicted molar refractivity (Wildman–Crippen MR) is 95.2 cm³/mol. The molecule has 1 N–H and O–H groups in total. The lowest BCUT2D eigenvalue weighted by atomic mass is 9.98. The number of nitrogens with one attached hydrogen (secondary N) is 1. The number of para-hydroxylation sites is 1. The maximum absolute atomic E-state index is 12.6. The molecule has 2 amide bonds. The summed E-state index contributed by atoms with van der Waals surface area (Å²) in [5.74, 6) is -0.0720. The van der Waals surface area contributed by atoms with Crippen LogP contribution in [-0.4, -0.2) is 24.9 Å². The minimum Gasteiger partial charge on any atom is -0.352 e. The van der Waals surface area contributed by atoms with Gasteiger partial charge in [0.25, 0.3) is 5.91 Å². The summed E-state index contributed by atoms with van der Waals surface area (Å²) in [5.41, 5.74) is 4.05. The molecule has 1 aliphatic heterocycles. The Labute approximate surface area is 142 Å². The van der Waals surface area contributed by atoms with Crippen LogP contribution in [0.2, 0.25) is 0 Å². The van der Waals surface area contributed by atoms with Gasteiger partial charge in [0.15, 0.2) is 0 Å². The minimum atomic E-state index is -0.140.